The molecule has 0 aromatic heterocycles. The minimum atomic E-state index is 0.128. The molecule has 2 aliphatic carbocycles. The van der Waals surface area contributed by atoms with Crippen molar-refractivity contribution in [3.63, 3.8) is 0 Å². The van der Waals surface area contributed by atoms with Crippen molar-refractivity contribution in [1.82, 2.24) is 4.72 Å². The van der Waals surface area contributed by atoms with Gasteiger partial charge in [0.2, 0.25) is 0 Å². The molecule has 0 saturated heterocycles. The van der Waals surface area contributed by atoms with Crippen LogP contribution in [0.25, 0.3) is 5.57 Å². The first-order chi connectivity index (χ1) is 10.1. The molecule has 1 saturated carbocycles. The van der Waals surface area contributed by atoms with Gasteiger partial charge in [-0.15, -0.1) is 0 Å². The van der Waals surface area contributed by atoms with Crippen LogP contribution in [0.15, 0.2) is 53.8 Å². The lowest BCUT2D eigenvalue weighted by atomic mass is 9.78. The van der Waals surface area contributed by atoms with Gasteiger partial charge < -0.3 is 4.72 Å². The Labute approximate surface area is 132 Å². The van der Waals surface area contributed by atoms with Crippen LogP contribution in [0.5, 0.6) is 0 Å². The quantitative estimate of drug-likeness (QED) is 0.761. The van der Waals surface area contributed by atoms with Crippen LogP contribution in [0.3, 0.4) is 0 Å². The van der Waals surface area contributed by atoms with Crippen molar-refractivity contribution in [3.05, 3.63) is 64.9 Å². The van der Waals surface area contributed by atoms with Crippen molar-refractivity contribution < 1.29 is 0 Å². The summed E-state index contributed by atoms with van der Waals surface area (Å²) in [5.74, 6) is 0. The third-order valence-electron chi connectivity index (χ3n) is 4.39. The van der Waals surface area contributed by atoms with Crippen LogP contribution in [-0.2, 0) is 0 Å². The lowest BCUT2D eigenvalue weighted by Gasteiger charge is -2.31. The van der Waals surface area contributed by atoms with E-state index in [4.69, 9.17) is 0 Å². The third-order valence-corrected chi connectivity index (χ3v) is 4.80. The largest absolute Gasteiger partial charge is 0.333 e. The van der Waals surface area contributed by atoms with Crippen molar-refractivity contribution in [2.75, 3.05) is 6.26 Å². The van der Waals surface area contributed by atoms with Gasteiger partial charge in [0.1, 0.15) is 0 Å². The smallest absolute Gasteiger partial charge is 0.0303 e. The van der Waals surface area contributed by atoms with Gasteiger partial charge in [-0.1, -0.05) is 66.9 Å². The van der Waals surface area contributed by atoms with Crippen LogP contribution in [0.1, 0.15) is 37.3 Å². The Kier molecular flexibility index (Phi) is 3.99. The molecule has 1 nitrogen and oxygen atoms in total. The zero-order valence-corrected chi connectivity index (χ0v) is 13.9. The summed E-state index contributed by atoms with van der Waals surface area (Å²) >= 11 is 1.71. The van der Waals surface area contributed by atoms with Gasteiger partial charge in [-0.2, -0.15) is 0 Å². The topological polar surface area (TPSA) is 12.0 Å². The van der Waals surface area contributed by atoms with Gasteiger partial charge in [0.25, 0.3) is 0 Å². The number of aryl methyl sites for hydroxylation is 1. The van der Waals surface area contributed by atoms with E-state index in [0.29, 0.717) is 0 Å². The van der Waals surface area contributed by atoms with E-state index in [1.54, 1.807) is 17.5 Å². The number of nitrogens with one attached hydrogen (secondary N) is 1. The first-order valence-electron chi connectivity index (χ1n) is 7.60. The molecule has 0 amide bonds. The van der Waals surface area contributed by atoms with Gasteiger partial charge in [0.15, 0.2) is 0 Å². The molecule has 110 valence electrons. The summed E-state index contributed by atoms with van der Waals surface area (Å²) in [6.45, 7) is 4.48. The Balaban J connectivity index is 1.82. The van der Waals surface area contributed by atoms with Crippen LogP contribution in [0.4, 0.5) is 0 Å². The molecule has 2 heteroatoms. The van der Waals surface area contributed by atoms with E-state index in [1.165, 1.54) is 35.2 Å². The average molecular weight is 297 g/mol. The highest BCUT2D eigenvalue weighted by Crippen LogP contribution is 2.45. The summed E-state index contributed by atoms with van der Waals surface area (Å²) in [7, 11) is 0. The zero-order chi connectivity index (χ0) is 14.9. The maximum atomic E-state index is 3.53. The maximum Gasteiger partial charge on any atom is 0.0303 e. The molecule has 0 bridgehead atoms. The second-order valence-corrected chi connectivity index (χ2v) is 6.88. The Morgan fingerprint density at radius 3 is 2.43 bits per heavy atom. The molecule has 21 heavy (non-hydrogen) atoms. The monoisotopic (exact) mass is 297 g/mol. The molecule has 0 aliphatic heterocycles. The van der Waals surface area contributed by atoms with E-state index in [0.717, 1.165) is 6.42 Å². The van der Waals surface area contributed by atoms with Gasteiger partial charge in [-0.05, 0) is 42.9 Å². The SMILES string of the molecule is CSNC(=C1CC1)C1(C)C=CC(c2ccc(C)cc2)=CC1. The van der Waals surface area contributed by atoms with Crippen LogP contribution in [0, 0.1) is 12.3 Å². The summed E-state index contributed by atoms with van der Waals surface area (Å²) in [4.78, 5) is 0. The molecule has 1 N–H and O–H groups in total. The predicted molar refractivity (Wildman–Crippen MR) is 93.9 cm³/mol. The second kappa shape index (κ2) is 5.76. The summed E-state index contributed by atoms with van der Waals surface area (Å²) < 4.78 is 3.53. The first-order valence-corrected chi connectivity index (χ1v) is 8.83. The Morgan fingerprint density at radius 2 is 1.90 bits per heavy atom. The number of hydrogen-bond acceptors (Lipinski definition) is 2. The first kappa shape index (κ1) is 14.5. The fourth-order valence-electron chi connectivity index (χ4n) is 2.88. The maximum absolute atomic E-state index is 3.53. The zero-order valence-electron chi connectivity index (χ0n) is 13.1. The third kappa shape index (κ3) is 3.11. The van der Waals surface area contributed by atoms with E-state index in [9.17, 15) is 0 Å². The Morgan fingerprint density at radius 1 is 1.19 bits per heavy atom. The second-order valence-electron chi connectivity index (χ2n) is 6.27. The lowest BCUT2D eigenvalue weighted by Crippen LogP contribution is -2.25. The molecule has 0 heterocycles. The molecule has 0 radical (unpaired) electrons. The van der Waals surface area contributed by atoms with Gasteiger partial charge in [0, 0.05) is 17.4 Å². The highest BCUT2D eigenvalue weighted by atomic mass is 32.2. The fraction of sp³-hybridized carbons (Fsp3) is 0.368. The summed E-state index contributed by atoms with van der Waals surface area (Å²) in [5.41, 5.74) is 7.14. The standard InChI is InChI=1S/C19H23NS/c1-14-4-6-15(7-5-14)16-10-12-19(2,13-11-16)18(20-21-3)17-8-9-17/h4-7,10-12,20H,8-9,13H2,1-3H3. The number of allylic oxidation sites excluding steroid dienone is 5. The highest BCUT2D eigenvalue weighted by molar-refractivity contribution is 7.96. The van der Waals surface area contributed by atoms with Crippen LogP contribution >= 0.6 is 11.9 Å². The van der Waals surface area contributed by atoms with Crippen LogP contribution < -0.4 is 4.72 Å². The van der Waals surface area contributed by atoms with Gasteiger partial charge >= 0.3 is 0 Å². The molecule has 3 rings (SSSR count). The molecular formula is C19H23NS. The van der Waals surface area contributed by atoms with Crippen molar-refractivity contribution in [3.8, 4) is 0 Å². The molecule has 1 unspecified atom stereocenters. The summed E-state index contributed by atoms with van der Waals surface area (Å²) in [6, 6.07) is 8.80. The minimum absolute atomic E-state index is 0.128. The normalized spacial score (nSPS) is 23.8. The van der Waals surface area contributed by atoms with E-state index in [-0.39, 0.29) is 5.41 Å². The molecule has 1 atom stereocenters. The Hall–Kier alpha value is -1.41. The van der Waals surface area contributed by atoms with Crippen molar-refractivity contribution >= 4 is 17.5 Å². The number of hydrogen-bond donors (Lipinski definition) is 1. The average Bonchev–Trinajstić information content (AvgIpc) is 3.31. The van der Waals surface area contributed by atoms with Gasteiger partial charge in [-0.25, -0.2) is 0 Å². The summed E-state index contributed by atoms with van der Waals surface area (Å²) in [5, 5.41) is 0. The minimum Gasteiger partial charge on any atom is -0.333 e. The Bertz CT molecular complexity index is 615. The highest BCUT2D eigenvalue weighted by Gasteiger charge is 2.33. The lowest BCUT2D eigenvalue weighted by molar-refractivity contribution is 0.501. The van der Waals surface area contributed by atoms with Crippen molar-refractivity contribution in [1.29, 1.82) is 0 Å². The molecule has 0 spiro atoms. The van der Waals surface area contributed by atoms with E-state index < -0.39 is 0 Å². The fourth-order valence-corrected chi connectivity index (χ4v) is 3.47. The molecule has 2 aliphatic rings. The molecule has 1 fully saturated rings. The van der Waals surface area contributed by atoms with Crippen LogP contribution in [0.2, 0.25) is 0 Å². The van der Waals surface area contributed by atoms with Crippen LogP contribution in [-0.4, -0.2) is 6.26 Å². The number of rotatable bonds is 4. The number of benzene rings is 1. The molecule has 1 aromatic rings. The van der Waals surface area contributed by atoms with E-state index >= 15 is 0 Å². The van der Waals surface area contributed by atoms with Crippen molar-refractivity contribution in [2.45, 2.75) is 33.1 Å². The predicted octanol–water partition coefficient (Wildman–Crippen LogP) is 5.26. The van der Waals surface area contributed by atoms with Gasteiger partial charge in [0.05, 0.1) is 0 Å². The van der Waals surface area contributed by atoms with E-state index in [2.05, 4.69) is 67.3 Å². The van der Waals surface area contributed by atoms with Crippen molar-refractivity contribution in [2.24, 2.45) is 5.41 Å². The molecule has 1 aromatic carbocycles. The molecular weight excluding hydrogens is 274 g/mol. The van der Waals surface area contributed by atoms with Gasteiger partial charge in [-0.3, -0.25) is 0 Å². The van der Waals surface area contributed by atoms with E-state index in [1.807, 2.05) is 0 Å². The summed E-state index contributed by atoms with van der Waals surface area (Å²) in [6.07, 6.45) is 12.8.